The fourth-order valence-electron chi connectivity index (χ4n) is 3.99. The van der Waals surface area contributed by atoms with Gasteiger partial charge in [-0.05, 0) is 74.1 Å². The van der Waals surface area contributed by atoms with E-state index in [9.17, 15) is 31.1 Å². The molecule has 1 aromatic carbocycles. The number of carbonyl (C=O) groups excluding carboxylic acids is 1. The fourth-order valence-corrected chi connectivity index (χ4v) is 4.79. The molecule has 0 unspecified atom stereocenters. The van der Waals surface area contributed by atoms with Gasteiger partial charge in [0.25, 0.3) is 0 Å². The van der Waals surface area contributed by atoms with E-state index in [1.165, 1.54) is 0 Å². The van der Waals surface area contributed by atoms with Crippen molar-refractivity contribution in [2.24, 2.45) is 16.8 Å². The minimum absolute atomic E-state index is 0.0859. The van der Waals surface area contributed by atoms with Crippen LogP contribution in [0.15, 0.2) is 34.2 Å². The van der Waals surface area contributed by atoms with E-state index in [0.29, 0.717) is 50.3 Å². The molecule has 0 bridgehead atoms. The first-order valence-corrected chi connectivity index (χ1v) is 12.1. The number of hydrogen-bond acceptors (Lipinski definition) is 4. The number of benzene rings is 1. The number of carbonyl (C=O) groups is 1. The number of allylic oxidation sites excluding steroid dienone is 1. The lowest BCUT2D eigenvalue weighted by atomic mass is 9.95. The van der Waals surface area contributed by atoms with Crippen LogP contribution in [0, 0.1) is 23.7 Å². The topological polar surface area (TPSA) is 44.7 Å². The normalized spacial score (nSPS) is 21.1. The molecule has 0 spiro atoms. The van der Waals surface area contributed by atoms with Gasteiger partial charge in [0.15, 0.2) is 0 Å². The molecule has 2 fully saturated rings. The smallest absolute Gasteiger partial charge is 0.358 e. The number of nitrogens with zero attached hydrogens (tertiary/aromatic N) is 2. The molecule has 4 nitrogen and oxygen atoms in total. The van der Waals surface area contributed by atoms with Gasteiger partial charge in [0.1, 0.15) is 5.84 Å². The van der Waals surface area contributed by atoms with Gasteiger partial charge in [-0.1, -0.05) is 24.0 Å². The molecule has 11 heteroatoms. The molecule has 2 aliphatic heterocycles. The summed E-state index contributed by atoms with van der Waals surface area (Å²) in [7, 11) is 0. The Morgan fingerprint density at radius 2 is 1.80 bits per heavy atom. The monoisotopic (exact) mass is 515 g/mol. The van der Waals surface area contributed by atoms with Crippen LogP contribution in [0.4, 0.5) is 31.1 Å². The highest BCUT2D eigenvalue weighted by molar-refractivity contribution is 8.18. The number of likely N-dealkylation sites (tertiary alicyclic amines) is 1. The second kappa shape index (κ2) is 10.3. The van der Waals surface area contributed by atoms with Crippen molar-refractivity contribution < 1.29 is 31.1 Å². The Hall–Kier alpha value is -2.45. The molecule has 35 heavy (non-hydrogen) atoms. The lowest BCUT2D eigenvalue weighted by molar-refractivity contribution is -0.143. The van der Waals surface area contributed by atoms with Gasteiger partial charge in [-0.25, -0.2) is 0 Å². The molecule has 1 N–H and O–H groups in total. The van der Waals surface area contributed by atoms with Crippen molar-refractivity contribution >= 4 is 22.8 Å². The number of amidine groups is 1. The molecule has 188 valence electrons. The standard InChI is InChI=1S/C24H23F6N3OS/c25-23(26,27)18-6-5-17(19(13-18)24(28,29)30)14-33-10-7-16(8-11-33)12-20-21(32-22(34)35-20)31-9-1-2-15-3-4-15/h5-6,12-13,15-16H,3-4,7-11,14H2,(H,31,32,34). The van der Waals surface area contributed by atoms with Gasteiger partial charge in [-0.3, -0.25) is 9.69 Å². The second-order valence-electron chi connectivity index (χ2n) is 8.79. The van der Waals surface area contributed by atoms with Crippen molar-refractivity contribution in [2.75, 3.05) is 19.6 Å². The van der Waals surface area contributed by atoms with Crippen LogP contribution in [0.3, 0.4) is 0 Å². The van der Waals surface area contributed by atoms with Gasteiger partial charge >= 0.3 is 17.6 Å². The van der Waals surface area contributed by atoms with Crippen LogP contribution in [0.25, 0.3) is 0 Å². The van der Waals surface area contributed by atoms with E-state index < -0.39 is 23.5 Å². The maximum atomic E-state index is 13.4. The van der Waals surface area contributed by atoms with Gasteiger partial charge in [0.2, 0.25) is 0 Å². The number of nitrogens with one attached hydrogen (secondary N) is 1. The average Bonchev–Trinajstić information content (AvgIpc) is 3.53. The van der Waals surface area contributed by atoms with Gasteiger partial charge < -0.3 is 5.32 Å². The molecule has 0 aromatic heterocycles. The molecular formula is C24H23F6N3OS. The summed E-state index contributed by atoms with van der Waals surface area (Å²) in [5.41, 5.74) is -2.74. The number of hydrogen-bond donors (Lipinski definition) is 1. The third kappa shape index (κ3) is 7.04. The molecule has 3 aliphatic rings. The van der Waals surface area contributed by atoms with Crippen molar-refractivity contribution in [2.45, 2.75) is 44.6 Å². The first-order chi connectivity index (χ1) is 16.5. The molecule has 1 amide bonds. The van der Waals surface area contributed by atoms with E-state index in [1.807, 2.05) is 6.08 Å². The summed E-state index contributed by atoms with van der Waals surface area (Å²) in [4.78, 5) is 18.3. The van der Waals surface area contributed by atoms with Crippen molar-refractivity contribution in [1.29, 1.82) is 0 Å². The van der Waals surface area contributed by atoms with Crippen LogP contribution in [0.2, 0.25) is 0 Å². The van der Waals surface area contributed by atoms with E-state index in [0.717, 1.165) is 35.6 Å². The first kappa shape index (κ1) is 25.6. The van der Waals surface area contributed by atoms with E-state index in [1.54, 1.807) is 4.90 Å². The summed E-state index contributed by atoms with van der Waals surface area (Å²) in [6, 6.07) is 1.80. The average molecular weight is 516 g/mol. The SMILES string of the molecule is O=C1N=C(NCC#CC2CC2)C(=CC2CCN(Cc3ccc(C(F)(F)F)cc3C(F)(F)F)CC2)S1. The predicted octanol–water partition coefficient (Wildman–Crippen LogP) is 6.09. The Balaban J connectivity index is 1.36. The Morgan fingerprint density at radius 1 is 1.09 bits per heavy atom. The van der Waals surface area contributed by atoms with Crippen molar-refractivity contribution in [3.63, 3.8) is 0 Å². The third-order valence-corrected chi connectivity index (χ3v) is 6.83. The zero-order valence-corrected chi connectivity index (χ0v) is 19.4. The summed E-state index contributed by atoms with van der Waals surface area (Å²) in [6.07, 6.45) is -4.20. The third-order valence-electron chi connectivity index (χ3n) is 6.02. The number of piperidine rings is 1. The minimum atomic E-state index is -4.88. The Kier molecular flexibility index (Phi) is 7.52. The second-order valence-corrected chi connectivity index (χ2v) is 9.78. The maximum Gasteiger partial charge on any atom is 0.416 e. The minimum Gasteiger partial charge on any atom is -0.358 e. The maximum absolute atomic E-state index is 13.4. The highest BCUT2D eigenvalue weighted by Crippen LogP contribution is 2.38. The van der Waals surface area contributed by atoms with Gasteiger partial charge in [0, 0.05) is 12.5 Å². The van der Waals surface area contributed by atoms with Crippen LogP contribution in [0.5, 0.6) is 0 Å². The molecule has 1 saturated heterocycles. The number of aliphatic imine (C=N–C) groups is 1. The quantitative estimate of drug-likeness (QED) is 0.390. The van der Waals surface area contributed by atoms with E-state index in [2.05, 4.69) is 22.2 Å². The molecule has 0 atom stereocenters. The van der Waals surface area contributed by atoms with Crippen molar-refractivity contribution in [3.05, 3.63) is 45.9 Å². The number of halogens is 6. The molecule has 0 radical (unpaired) electrons. The number of thioether (sulfide) groups is 1. The van der Waals surface area contributed by atoms with Crippen molar-refractivity contribution in [1.82, 2.24) is 10.2 Å². The Labute approximate surface area is 203 Å². The number of rotatable bonds is 4. The zero-order chi connectivity index (χ0) is 25.2. The molecule has 4 rings (SSSR count). The lowest BCUT2D eigenvalue weighted by Crippen LogP contribution is -2.33. The lowest BCUT2D eigenvalue weighted by Gasteiger charge is -2.31. The fraction of sp³-hybridized carbons (Fsp3) is 0.500. The summed E-state index contributed by atoms with van der Waals surface area (Å²) >= 11 is 1.03. The molecular weight excluding hydrogens is 492 g/mol. The predicted molar refractivity (Wildman–Crippen MR) is 121 cm³/mol. The van der Waals surface area contributed by atoms with Crippen LogP contribution < -0.4 is 5.32 Å². The van der Waals surface area contributed by atoms with Gasteiger partial charge in [-0.15, -0.1) is 0 Å². The Bertz CT molecular complexity index is 1090. The summed E-state index contributed by atoms with van der Waals surface area (Å²) in [6.45, 7) is 1.28. The number of amides is 1. The molecule has 2 heterocycles. The van der Waals surface area contributed by atoms with E-state index in [-0.39, 0.29) is 29.3 Å². The summed E-state index contributed by atoms with van der Waals surface area (Å²) < 4.78 is 79.0. The highest BCUT2D eigenvalue weighted by atomic mass is 32.2. The van der Waals surface area contributed by atoms with Crippen LogP contribution in [0.1, 0.15) is 42.4 Å². The zero-order valence-electron chi connectivity index (χ0n) is 18.6. The molecule has 1 aromatic rings. The molecule has 1 aliphatic carbocycles. The largest absolute Gasteiger partial charge is 0.416 e. The van der Waals surface area contributed by atoms with Crippen LogP contribution in [-0.2, 0) is 18.9 Å². The van der Waals surface area contributed by atoms with E-state index in [4.69, 9.17) is 0 Å². The van der Waals surface area contributed by atoms with Crippen LogP contribution >= 0.6 is 11.8 Å². The summed E-state index contributed by atoms with van der Waals surface area (Å²) in [5, 5.41) is 2.77. The van der Waals surface area contributed by atoms with Gasteiger partial charge in [-0.2, -0.15) is 31.3 Å². The van der Waals surface area contributed by atoms with Crippen molar-refractivity contribution in [3.8, 4) is 11.8 Å². The molecule has 1 saturated carbocycles. The number of alkyl halides is 6. The van der Waals surface area contributed by atoms with E-state index >= 15 is 0 Å². The highest BCUT2D eigenvalue weighted by Gasteiger charge is 2.38. The Morgan fingerprint density at radius 3 is 2.43 bits per heavy atom. The summed E-state index contributed by atoms with van der Waals surface area (Å²) in [5.74, 6) is 7.24. The van der Waals surface area contributed by atoms with Crippen LogP contribution in [-0.4, -0.2) is 35.6 Å². The van der Waals surface area contributed by atoms with Gasteiger partial charge in [0.05, 0.1) is 22.6 Å². The first-order valence-electron chi connectivity index (χ1n) is 11.2.